The lowest BCUT2D eigenvalue weighted by molar-refractivity contribution is -0.288. The molecule has 6 nitrogen and oxygen atoms in total. The maximum Gasteiger partial charge on any atom is 0.411 e. The summed E-state index contributed by atoms with van der Waals surface area (Å²) in [5.74, 6) is -4.19. The molecule has 12 heteroatoms. The third-order valence-corrected chi connectivity index (χ3v) is 5.19. The number of imide groups is 2. The molecule has 2 aromatic carbocycles. The predicted octanol–water partition coefficient (Wildman–Crippen LogP) is 2.86. The zero-order valence-electron chi connectivity index (χ0n) is 14.9. The molecule has 2 heterocycles. The van der Waals surface area contributed by atoms with Crippen LogP contribution in [0.4, 0.5) is 26.3 Å². The molecule has 0 atom stereocenters. The second-order valence-electron chi connectivity index (χ2n) is 6.83. The summed E-state index contributed by atoms with van der Waals surface area (Å²) in [5, 5.41) is 3.58. The maximum atomic E-state index is 14.2. The van der Waals surface area contributed by atoms with E-state index in [0.29, 0.717) is 36.4 Å². The van der Waals surface area contributed by atoms with Crippen LogP contribution in [-0.2, 0) is 5.41 Å². The highest BCUT2D eigenvalue weighted by Gasteiger charge is 2.72. The molecule has 2 N–H and O–H groups in total. The minimum absolute atomic E-state index is 0.356. The molecule has 0 fully saturated rings. The summed E-state index contributed by atoms with van der Waals surface area (Å²) in [5.41, 5.74) is -9.43. The third-order valence-electron chi connectivity index (χ3n) is 5.19. The van der Waals surface area contributed by atoms with E-state index in [1.165, 1.54) is 0 Å². The number of benzene rings is 2. The molecular formula is C19H8F6N2O4. The second kappa shape index (κ2) is 6.15. The molecule has 4 amide bonds. The monoisotopic (exact) mass is 442 g/mol. The Balaban J connectivity index is 2.06. The van der Waals surface area contributed by atoms with Gasteiger partial charge in [0.1, 0.15) is 0 Å². The Bertz CT molecular complexity index is 1110. The van der Waals surface area contributed by atoms with Crippen molar-refractivity contribution in [1.82, 2.24) is 10.6 Å². The van der Waals surface area contributed by atoms with Crippen LogP contribution in [0.25, 0.3) is 0 Å². The molecule has 31 heavy (non-hydrogen) atoms. The van der Waals surface area contributed by atoms with Gasteiger partial charge in [-0.05, 0) is 35.4 Å². The van der Waals surface area contributed by atoms with Crippen LogP contribution in [0.1, 0.15) is 52.6 Å². The number of carbonyl (C=O) groups is 4. The fourth-order valence-electron chi connectivity index (χ4n) is 3.78. The Morgan fingerprint density at radius 1 is 0.516 bits per heavy atom. The summed E-state index contributed by atoms with van der Waals surface area (Å²) >= 11 is 0. The fraction of sp³-hybridized carbons (Fsp3) is 0.158. The largest absolute Gasteiger partial charge is 0.411 e. The summed E-state index contributed by atoms with van der Waals surface area (Å²) in [4.78, 5) is 47.0. The molecule has 2 aromatic rings. The number of carbonyl (C=O) groups excluding carboxylic acids is 4. The number of alkyl halides is 6. The van der Waals surface area contributed by atoms with Crippen LogP contribution < -0.4 is 10.6 Å². The molecule has 0 aromatic heterocycles. The zero-order valence-corrected chi connectivity index (χ0v) is 14.9. The minimum Gasteiger partial charge on any atom is -0.288 e. The van der Waals surface area contributed by atoms with Crippen molar-refractivity contribution in [2.24, 2.45) is 0 Å². The molecule has 0 aliphatic carbocycles. The van der Waals surface area contributed by atoms with Gasteiger partial charge < -0.3 is 0 Å². The van der Waals surface area contributed by atoms with Gasteiger partial charge in [0.15, 0.2) is 0 Å². The Labute approximate surface area is 168 Å². The molecule has 4 rings (SSSR count). The Kier molecular flexibility index (Phi) is 4.08. The highest BCUT2D eigenvalue weighted by Crippen LogP contribution is 2.56. The van der Waals surface area contributed by atoms with Gasteiger partial charge in [-0.2, -0.15) is 26.3 Å². The quantitative estimate of drug-likeness (QED) is 0.553. The van der Waals surface area contributed by atoms with Crippen molar-refractivity contribution in [1.29, 1.82) is 0 Å². The molecular weight excluding hydrogens is 434 g/mol. The first-order chi connectivity index (χ1) is 14.3. The van der Waals surface area contributed by atoms with Crippen LogP contribution in [0, 0.1) is 0 Å². The minimum atomic E-state index is -5.98. The Morgan fingerprint density at radius 2 is 0.839 bits per heavy atom. The lowest BCUT2D eigenvalue weighted by Gasteiger charge is -2.38. The van der Waals surface area contributed by atoms with E-state index in [9.17, 15) is 45.5 Å². The van der Waals surface area contributed by atoms with E-state index >= 15 is 0 Å². The number of amides is 4. The Hall–Kier alpha value is -3.70. The molecule has 0 bridgehead atoms. The van der Waals surface area contributed by atoms with Crippen molar-refractivity contribution in [2.45, 2.75) is 17.8 Å². The molecule has 0 saturated carbocycles. The predicted molar refractivity (Wildman–Crippen MR) is 89.4 cm³/mol. The first-order valence-electron chi connectivity index (χ1n) is 8.43. The van der Waals surface area contributed by atoms with Crippen LogP contribution in [0.3, 0.4) is 0 Å². The van der Waals surface area contributed by atoms with Crippen LogP contribution in [-0.4, -0.2) is 36.0 Å². The highest BCUT2D eigenvalue weighted by atomic mass is 19.4. The lowest BCUT2D eigenvalue weighted by atomic mass is 9.71. The molecule has 2 aliphatic heterocycles. The average molecular weight is 442 g/mol. The van der Waals surface area contributed by atoms with Crippen molar-refractivity contribution in [3.05, 3.63) is 69.8 Å². The van der Waals surface area contributed by atoms with Gasteiger partial charge in [-0.15, -0.1) is 0 Å². The van der Waals surface area contributed by atoms with Gasteiger partial charge >= 0.3 is 12.4 Å². The van der Waals surface area contributed by atoms with Crippen LogP contribution >= 0.6 is 0 Å². The number of hydrogen-bond acceptors (Lipinski definition) is 4. The zero-order chi connectivity index (χ0) is 22.9. The lowest BCUT2D eigenvalue weighted by Crippen LogP contribution is -2.55. The van der Waals surface area contributed by atoms with Crippen molar-refractivity contribution < 1.29 is 45.5 Å². The van der Waals surface area contributed by atoms with Crippen molar-refractivity contribution in [3.63, 3.8) is 0 Å². The molecule has 0 unspecified atom stereocenters. The van der Waals surface area contributed by atoms with E-state index in [1.807, 2.05) is 0 Å². The average Bonchev–Trinajstić information content (AvgIpc) is 3.09. The normalized spacial score (nSPS) is 16.2. The van der Waals surface area contributed by atoms with Gasteiger partial charge in [0, 0.05) is 0 Å². The van der Waals surface area contributed by atoms with Gasteiger partial charge in [-0.1, -0.05) is 12.1 Å². The number of hydrogen-bond donors (Lipinski definition) is 2. The summed E-state index contributed by atoms with van der Waals surface area (Å²) in [6, 6.07) is 3.01. The number of nitrogens with one attached hydrogen (secondary N) is 2. The van der Waals surface area contributed by atoms with Gasteiger partial charge in [0.05, 0.1) is 22.3 Å². The summed E-state index contributed by atoms with van der Waals surface area (Å²) in [6.07, 6.45) is -12.0. The number of rotatable bonds is 2. The van der Waals surface area contributed by atoms with E-state index < -0.39 is 63.7 Å². The van der Waals surface area contributed by atoms with E-state index in [2.05, 4.69) is 0 Å². The topological polar surface area (TPSA) is 92.3 Å². The first-order valence-corrected chi connectivity index (χ1v) is 8.43. The van der Waals surface area contributed by atoms with Gasteiger partial charge in [-0.25, -0.2) is 0 Å². The van der Waals surface area contributed by atoms with Crippen molar-refractivity contribution in [2.75, 3.05) is 0 Å². The Morgan fingerprint density at radius 3 is 1.16 bits per heavy atom. The standard InChI is InChI=1S/C19H8F6N2O4/c20-18(21,22)17(19(23,24)25,7-1-3-9-11(5-7)15(30)26-13(9)28)8-2-4-10-12(6-8)16(31)27-14(10)29/h1-6H,(H,26,28,30)(H,27,29,31). The SMILES string of the molecule is O=C1NC(=O)c2cc(C(c3ccc4c(c3)C(=O)NC4=O)(C(F)(F)F)C(F)(F)F)ccc21. The van der Waals surface area contributed by atoms with Crippen molar-refractivity contribution >= 4 is 23.6 Å². The summed E-state index contributed by atoms with van der Waals surface area (Å²) < 4.78 is 85.4. The maximum absolute atomic E-state index is 14.2. The third kappa shape index (κ3) is 2.67. The molecule has 160 valence electrons. The van der Waals surface area contributed by atoms with Crippen LogP contribution in [0.2, 0.25) is 0 Å². The van der Waals surface area contributed by atoms with Gasteiger partial charge in [0.2, 0.25) is 5.41 Å². The first kappa shape index (κ1) is 20.6. The summed E-state index contributed by atoms with van der Waals surface area (Å²) in [6.45, 7) is 0. The molecule has 0 spiro atoms. The highest BCUT2D eigenvalue weighted by molar-refractivity contribution is 6.22. The number of halogens is 6. The van der Waals surface area contributed by atoms with Crippen molar-refractivity contribution in [3.8, 4) is 0 Å². The van der Waals surface area contributed by atoms with E-state index in [1.54, 1.807) is 10.6 Å². The smallest absolute Gasteiger partial charge is 0.288 e. The molecule has 0 saturated heterocycles. The van der Waals surface area contributed by atoms with E-state index in [0.717, 1.165) is 0 Å². The van der Waals surface area contributed by atoms with Crippen LogP contribution in [0.5, 0.6) is 0 Å². The number of fused-ring (bicyclic) bond motifs is 2. The fourth-order valence-corrected chi connectivity index (χ4v) is 3.78. The van der Waals surface area contributed by atoms with Gasteiger partial charge in [-0.3, -0.25) is 29.8 Å². The van der Waals surface area contributed by atoms with Gasteiger partial charge in [0.25, 0.3) is 23.6 Å². The van der Waals surface area contributed by atoms with E-state index in [4.69, 9.17) is 0 Å². The second-order valence-corrected chi connectivity index (χ2v) is 6.83. The van der Waals surface area contributed by atoms with E-state index in [-0.39, 0.29) is 11.1 Å². The molecule has 2 aliphatic rings. The van der Waals surface area contributed by atoms with Crippen LogP contribution in [0.15, 0.2) is 36.4 Å². The summed E-state index contributed by atoms with van der Waals surface area (Å²) in [7, 11) is 0. The molecule has 0 radical (unpaired) electrons.